The molecule has 96 valence electrons. The molecule has 0 radical (unpaired) electrons. The average molecular weight is 311 g/mol. The van der Waals surface area contributed by atoms with Crippen molar-refractivity contribution in [1.82, 2.24) is 10.2 Å². The smallest absolute Gasteiger partial charge is 0.237 e. The normalized spacial score (nSPS) is 23.5. The van der Waals surface area contributed by atoms with E-state index in [-0.39, 0.29) is 11.9 Å². The largest absolute Gasteiger partial charge is 0.493 e. The van der Waals surface area contributed by atoms with Crippen LogP contribution in [-0.2, 0) is 4.79 Å². The summed E-state index contributed by atoms with van der Waals surface area (Å²) in [4.78, 5) is 14.0. The van der Waals surface area contributed by atoms with Crippen LogP contribution in [0.15, 0.2) is 22.7 Å². The summed E-state index contributed by atoms with van der Waals surface area (Å²) in [5.74, 6) is 1.08. The SMILES string of the molecule is O=C1CNCCN1C1CCOc2cc(Br)ccc21. The van der Waals surface area contributed by atoms with E-state index in [2.05, 4.69) is 27.3 Å². The molecule has 0 aromatic heterocycles. The number of ether oxygens (including phenoxy) is 1. The number of fused-ring (bicyclic) bond motifs is 1. The highest BCUT2D eigenvalue weighted by Gasteiger charge is 2.31. The molecule has 1 fully saturated rings. The number of nitrogens with zero attached hydrogens (tertiary/aromatic N) is 1. The van der Waals surface area contributed by atoms with Gasteiger partial charge in [-0.2, -0.15) is 0 Å². The van der Waals surface area contributed by atoms with E-state index in [0.29, 0.717) is 13.2 Å². The molecule has 0 aliphatic carbocycles. The van der Waals surface area contributed by atoms with Crippen molar-refractivity contribution in [2.24, 2.45) is 0 Å². The van der Waals surface area contributed by atoms with Crippen molar-refractivity contribution < 1.29 is 9.53 Å². The zero-order valence-electron chi connectivity index (χ0n) is 9.99. The number of carbonyl (C=O) groups excluding carboxylic acids is 1. The van der Waals surface area contributed by atoms with E-state index in [4.69, 9.17) is 4.74 Å². The molecule has 1 N–H and O–H groups in total. The minimum atomic E-state index is 0.163. The minimum absolute atomic E-state index is 0.163. The van der Waals surface area contributed by atoms with E-state index in [1.807, 2.05) is 17.0 Å². The van der Waals surface area contributed by atoms with Gasteiger partial charge in [-0.1, -0.05) is 22.0 Å². The van der Waals surface area contributed by atoms with E-state index < -0.39 is 0 Å². The predicted molar refractivity (Wildman–Crippen MR) is 71.6 cm³/mol. The lowest BCUT2D eigenvalue weighted by molar-refractivity contribution is -0.135. The Kier molecular flexibility index (Phi) is 3.26. The van der Waals surface area contributed by atoms with Crippen LogP contribution in [0.25, 0.3) is 0 Å². The molecule has 0 saturated carbocycles. The fraction of sp³-hybridized carbons (Fsp3) is 0.462. The summed E-state index contributed by atoms with van der Waals surface area (Å²) in [5, 5.41) is 3.11. The van der Waals surface area contributed by atoms with E-state index in [0.717, 1.165) is 35.3 Å². The van der Waals surface area contributed by atoms with E-state index in [1.165, 1.54) is 0 Å². The lowest BCUT2D eigenvalue weighted by Gasteiger charge is -2.38. The molecule has 2 aliphatic heterocycles. The van der Waals surface area contributed by atoms with E-state index >= 15 is 0 Å². The maximum atomic E-state index is 12.0. The zero-order chi connectivity index (χ0) is 12.5. The first-order chi connectivity index (χ1) is 8.75. The molecule has 1 aromatic carbocycles. The molecule has 3 rings (SSSR count). The Morgan fingerprint density at radius 3 is 3.17 bits per heavy atom. The minimum Gasteiger partial charge on any atom is -0.493 e. The first-order valence-corrected chi connectivity index (χ1v) is 6.97. The molecular formula is C13H15BrN2O2. The van der Waals surface area contributed by atoms with Gasteiger partial charge in [0.2, 0.25) is 5.91 Å². The highest BCUT2D eigenvalue weighted by Crippen LogP contribution is 2.37. The number of hydrogen-bond donors (Lipinski definition) is 1. The number of halogens is 1. The van der Waals surface area contributed by atoms with Crippen LogP contribution in [0.5, 0.6) is 5.75 Å². The van der Waals surface area contributed by atoms with Gasteiger partial charge >= 0.3 is 0 Å². The Bertz CT molecular complexity index is 478. The quantitative estimate of drug-likeness (QED) is 0.858. The molecule has 1 unspecified atom stereocenters. The van der Waals surface area contributed by atoms with Crippen molar-refractivity contribution in [2.75, 3.05) is 26.2 Å². The van der Waals surface area contributed by atoms with Gasteiger partial charge in [0.15, 0.2) is 0 Å². The summed E-state index contributed by atoms with van der Waals surface area (Å²) < 4.78 is 6.68. The standard InChI is InChI=1S/C13H15BrN2O2/c14-9-1-2-10-11(3-6-18-12(10)7-9)16-5-4-15-8-13(16)17/h1-2,7,11,15H,3-6,8H2. The van der Waals surface area contributed by atoms with E-state index in [9.17, 15) is 4.79 Å². The third-order valence-corrected chi connectivity index (χ3v) is 3.98. The van der Waals surface area contributed by atoms with Crippen molar-refractivity contribution in [2.45, 2.75) is 12.5 Å². The van der Waals surface area contributed by atoms with Gasteiger partial charge < -0.3 is 15.0 Å². The molecule has 1 saturated heterocycles. The van der Waals surface area contributed by atoms with Gasteiger partial charge in [-0.25, -0.2) is 0 Å². The van der Waals surface area contributed by atoms with Crippen molar-refractivity contribution in [3.8, 4) is 5.75 Å². The molecule has 4 nitrogen and oxygen atoms in total. The summed E-state index contributed by atoms with van der Waals surface area (Å²) in [6, 6.07) is 6.20. The number of nitrogens with one attached hydrogen (secondary N) is 1. The molecule has 1 aromatic rings. The lowest BCUT2D eigenvalue weighted by Crippen LogP contribution is -2.50. The van der Waals surface area contributed by atoms with Crippen LogP contribution >= 0.6 is 15.9 Å². The van der Waals surface area contributed by atoms with Crippen LogP contribution in [0, 0.1) is 0 Å². The molecule has 0 bridgehead atoms. The van der Waals surface area contributed by atoms with Crippen LogP contribution in [-0.4, -0.2) is 37.0 Å². The van der Waals surface area contributed by atoms with Crippen LogP contribution in [0.3, 0.4) is 0 Å². The monoisotopic (exact) mass is 310 g/mol. The van der Waals surface area contributed by atoms with Crippen molar-refractivity contribution >= 4 is 21.8 Å². The van der Waals surface area contributed by atoms with Crippen LogP contribution in [0.4, 0.5) is 0 Å². The molecule has 1 atom stereocenters. The van der Waals surface area contributed by atoms with Gasteiger partial charge in [-0.05, 0) is 12.1 Å². The second-order valence-electron chi connectivity index (χ2n) is 4.60. The summed E-state index contributed by atoms with van der Waals surface area (Å²) in [6.07, 6.45) is 0.875. The van der Waals surface area contributed by atoms with Crippen LogP contribution in [0.2, 0.25) is 0 Å². The second kappa shape index (κ2) is 4.90. The maximum absolute atomic E-state index is 12.0. The summed E-state index contributed by atoms with van der Waals surface area (Å²) in [5.41, 5.74) is 1.12. The Morgan fingerprint density at radius 2 is 2.33 bits per heavy atom. The Morgan fingerprint density at radius 1 is 1.44 bits per heavy atom. The fourth-order valence-electron chi connectivity index (χ4n) is 2.62. The van der Waals surface area contributed by atoms with Crippen LogP contribution < -0.4 is 10.1 Å². The predicted octanol–water partition coefficient (Wildman–Crippen LogP) is 1.70. The van der Waals surface area contributed by atoms with Crippen molar-refractivity contribution in [1.29, 1.82) is 0 Å². The van der Waals surface area contributed by atoms with Gasteiger partial charge in [-0.15, -0.1) is 0 Å². The molecule has 2 aliphatic rings. The first kappa shape index (κ1) is 12.0. The average Bonchev–Trinajstić information content (AvgIpc) is 2.38. The number of amides is 1. The first-order valence-electron chi connectivity index (χ1n) is 6.18. The maximum Gasteiger partial charge on any atom is 0.237 e. The summed E-state index contributed by atoms with van der Waals surface area (Å²) >= 11 is 3.45. The molecule has 1 amide bonds. The second-order valence-corrected chi connectivity index (χ2v) is 5.51. The Balaban J connectivity index is 1.93. The highest BCUT2D eigenvalue weighted by molar-refractivity contribution is 9.10. The third kappa shape index (κ3) is 2.12. The number of benzene rings is 1. The van der Waals surface area contributed by atoms with Crippen molar-refractivity contribution in [3.63, 3.8) is 0 Å². The van der Waals surface area contributed by atoms with Crippen LogP contribution in [0.1, 0.15) is 18.0 Å². The summed E-state index contributed by atoms with van der Waals surface area (Å²) in [7, 11) is 0. The van der Waals surface area contributed by atoms with Gasteiger partial charge in [0.05, 0.1) is 19.2 Å². The number of rotatable bonds is 1. The molecule has 18 heavy (non-hydrogen) atoms. The topological polar surface area (TPSA) is 41.6 Å². The summed E-state index contributed by atoms with van der Waals surface area (Å²) in [6.45, 7) is 2.77. The molecule has 0 spiro atoms. The fourth-order valence-corrected chi connectivity index (χ4v) is 2.96. The van der Waals surface area contributed by atoms with Gasteiger partial charge in [0.1, 0.15) is 5.75 Å². The number of hydrogen-bond acceptors (Lipinski definition) is 3. The number of carbonyl (C=O) groups is 1. The van der Waals surface area contributed by atoms with Gasteiger partial charge in [0, 0.05) is 29.5 Å². The number of piperazine rings is 1. The molecule has 2 heterocycles. The Labute approximate surface area is 114 Å². The van der Waals surface area contributed by atoms with Crippen molar-refractivity contribution in [3.05, 3.63) is 28.2 Å². The van der Waals surface area contributed by atoms with E-state index in [1.54, 1.807) is 0 Å². The molecular weight excluding hydrogens is 296 g/mol. The third-order valence-electron chi connectivity index (χ3n) is 3.49. The lowest BCUT2D eigenvalue weighted by atomic mass is 9.98. The van der Waals surface area contributed by atoms with Gasteiger partial charge in [0.25, 0.3) is 0 Å². The van der Waals surface area contributed by atoms with Gasteiger partial charge in [-0.3, -0.25) is 4.79 Å². The molecule has 5 heteroatoms. The Hall–Kier alpha value is -1.07. The zero-order valence-corrected chi connectivity index (χ0v) is 11.6. The highest BCUT2D eigenvalue weighted by atomic mass is 79.9.